The first-order valence-electron chi connectivity index (χ1n) is 11.6. The number of nitrogens with zero attached hydrogens (tertiary/aromatic N) is 4. The van der Waals surface area contributed by atoms with Crippen molar-refractivity contribution < 1.29 is 24.6 Å². The second-order valence-corrected chi connectivity index (χ2v) is 10.1. The number of anilines is 2. The van der Waals surface area contributed by atoms with Crippen molar-refractivity contribution in [3.8, 4) is 0 Å². The first-order chi connectivity index (χ1) is 16.4. The number of ether oxygens (including phenoxy) is 1. The average Bonchev–Trinajstić information content (AvgIpc) is 3.21. The highest BCUT2D eigenvalue weighted by atomic mass is 32.2. The molecule has 4 aliphatic heterocycles. The zero-order valence-corrected chi connectivity index (χ0v) is 20.2. The zero-order chi connectivity index (χ0) is 23.8. The van der Waals surface area contributed by atoms with Gasteiger partial charge in [-0.3, -0.25) is 4.84 Å². The fourth-order valence-electron chi connectivity index (χ4n) is 4.69. The Morgan fingerprint density at radius 1 is 1.38 bits per heavy atom. The number of aliphatic carboxylic acids is 1. The molecule has 3 atom stereocenters. The first-order valence-corrected chi connectivity index (χ1v) is 12.6. The molecule has 0 radical (unpaired) electrons. The Labute approximate surface area is 203 Å². The number of carbonyl (C=O) groups is 1. The Bertz CT molecular complexity index is 992. The summed E-state index contributed by atoms with van der Waals surface area (Å²) >= 11 is 1.56. The fraction of sp³-hybridized carbons (Fsp3) is 0.565. The van der Waals surface area contributed by atoms with Gasteiger partial charge in [0.05, 0.1) is 24.3 Å². The lowest BCUT2D eigenvalue weighted by atomic mass is 9.95. The van der Waals surface area contributed by atoms with Gasteiger partial charge in [-0.25, -0.2) is 9.78 Å². The molecule has 10 nitrogen and oxygen atoms in total. The lowest BCUT2D eigenvalue weighted by Gasteiger charge is -2.42. The smallest absolute Gasteiger partial charge is 0.336 e. The van der Waals surface area contributed by atoms with Crippen molar-refractivity contribution in [3.05, 3.63) is 40.6 Å². The molecular weight excluding hydrogens is 458 g/mol. The van der Waals surface area contributed by atoms with Gasteiger partial charge in [0.1, 0.15) is 17.7 Å². The van der Waals surface area contributed by atoms with Crippen molar-refractivity contribution in [2.24, 2.45) is 0 Å². The van der Waals surface area contributed by atoms with Crippen LogP contribution in [0.3, 0.4) is 0 Å². The summed E-state index contributed by atoms with van der Waals surface area (Å²) in [6, 6.07) is 2.12. The van der Waals surface area contributed by atoms with Gasteiger partial charge in [0.25, 0.3) is 0 Å². The molecule has 0 amide bonds. The number of nitrogens with one attached hydrogen (secondary N) is 1. The quantitative estimate of drug-likeness (QED) is 0.489. The van der Waals surface area contributed by atoms with E-state index >= 15 is 0 Å². The van der Waals surface area contributed by atoms with Crippen LogP contribution in [0.15, 0.2) is 29.4 Å². The van der Waals surface area contributed by atoms with Crippen LogP contribution in [-0.2, 0) is 14.4 Å². The third-order valence-corrected chi connectivity index (χ3v) is 7.73. The Morgan fingerprint density at radius 2 is 2.21 bits per heavy atom. The predicted molar refractivity (Wildman–Crippen MR) is 129 cm³/mol. The number of hydrogen-bond acceptors (Lipinski definition) is 10. The number of aryl methyl sites for hydroxylation is 1. The molecule has 1 aromatic rings. The van der Waals surface area contributed by atoms with Crippen LogP contribution in [0.4, 0.5) is 11.6 Å². The number of aromatic nitrogens is 1. The van der Waals surface area contributed by atoms with E-state index in [0.717, 1.165) is 43.9 Å². The highest BCUT2D eigenvalue weighted by Gasteiger charge is 2.38. The van der Waals surface area contributed by atoms with Gasteiger partial charge in [-0.15, -0.1) is 0 Å². The molecule has 3 N–H and O–H groups in total. The molecule has 0 saturated carbocycles. The number of hydrogen-bond donors (Lipinski definition) is 3. The van der Waals surface area contributed by atoms with E-state index in [9.17, 15) is 15.0 Å². The molecule has 5 rings (SSSR count). The van der Waals surface area contributed by atoms with Gasteiger partial charge >= 0.3 is 5.97 Å². The summed E-state index contributed by atoms with van der Waals surface area (Å²) in [5, 5.41) is 22.5. The van der Waals surface area contributed by atoms with Crippen LogP contribution in [0.1, 0.15) is 36.5 Å². The van der Waals surface area contributed by atoms with Crippen molar-refractivity contribution in [1.29, 1.82) is 0 Å². The van der Waals surface area contributed by atoms with E-state index < -0.39 is 12.1 Å². The molecular formula is C23H31N5O5S. The van der Waals surface area contributed by atoms with Crippen molar-refractivity contribution in [2.75, 3.05) is 43.2 Å². The maximum atomic E-state index is 11.8. The minimum absolute atomic E-state index is 0.0571. The molecule has 0 bridgehead atoms. The summed E-state index contributed by atoms with van der Waals surface area (Å²) in [5.41, 5.74) is 4.25. The Kier molecular flexibility index (Phi) is 6.72. The van der Waals surface area contributed by atoms with E-state index in [-0.39, 0.29) is 23.2 Å². The van der Waals surface area contributed by atoms with Gasteiger partial charge in [0.15, 0.2) is 5.50 Å². The minimum Gasteiger partial charge on any atom is -0.478 e. The second-order valence-electron chi connectivity index (χ2n) is 9.17. The van der Waals surface area contributed by atoms with Crippen molar-refractivity contribution in [2.45, 2.75) is 49.9 Å². The number of rotatable bonds is 7. The molecule has 0 aromatic carbocycles. The molecule has 2 unspecified atom stereocenters. The molecule has 2 fully saturated rings. The maximum Gasteiger partial charge on any atom is 0.336 e. The first kappa shape index (κ1) is 23.4. The maximum absolute atomic E-state index is 11.8. The van der Waals surface area contributed by atoms with E-state index in [0.29, 0.717) is 18.0 Å². The normalized spacial score (nSPS) is 27.0. The van der Waals surface area contributed by atoms with E-state index in [4.69, 9.17) is 14.6 Å². The van der Waals surface area contributed by atoms with Crippen LogP contribution in [-0.4, -0.2) is 77.1 Å². The van der Waals surface area contributed by atoms with Crippen LogP contribution in [0.5, 0.6) is 0 Å². The number of hydroxylamine groups is 1. The van der Waals surface area contributed by atoms with Crippen LogP contribution in [0.2, 0.25) is 0 Å². The molecule has 4 aliphatic rings. The summed E-state index contributed by atoms with van der Waals surface area (Å²) in [7, 11) is 1.93. The molecule has 184 valence electrons. The number of pyridine rings is 1. The van der Waals surface area contributed by atoms with Gasteiger partial charge in [-0.2, -0.15) is 5.48 Å². The molecule has 11 heteroatoms. The van der Waals surface area contributed by atoms with Gasteiger partial charge in [-0.05, 0) is 43.2 Å². The second kappa shape index (κ2) is 9.74. The zero-order valence-electron chi connectivity index (χ0n) is 19.4. The van der Waals surface area contributed by atoms with Crippen LogP contribution < -0.4 is 15.3 Å². The number of aliphatic hydroxyl groups excluding tert-OH is 1. The van der Waals surface area contributed by atoms with Gasteiger partial charge < -0.3 is 29.6 Å². The SMILES string of the molecule is Cc1cc(N2CC(NOC[C@H]3CCCCO3)C2)nc2c1C(O)C(C(=O)O)=CN2C1SC=CN1C. The Hall–Kier alpha value is -2.31. The topological polar surface area (TPSA) is 111 Å². The number of thioether (sulfide) groups is 1. The minimum atomic E-state index is -1.23. The van der Waals surface area contributed by atoms with E-state index in [1.807, 2.05) is 41.4 Å². The number of fused-ring (bicyclic) bond motifs is 1. The van der Waals surface area contributed by atoms with Gasteiger partial charge in [0.2, 0.25) is 0 Å². The predicted octanol–water partition coefficient (Wildman–Crippen LogP) is 1.92. The number of aliphatic hydroxyl groups is 1. The fourth-order valence-corrected chi connectivity index (χ4v) is 5.65. The molecule has 34 heavy (non-hydrogen) atoms. The summed E-state index contributed by atoms with van der Waals surface area (Å²) in [4.78, 5) is 28.4. The third kappa shape index (κ3) is 4.50. The molecule has 0 spiro atoms. The van der Waals surface area contributed by atoms with Crippen LogP contribution in [0, 0.1) is 6.92 Å². The Balaban J connectivity index is 1.29. The monoisotopic (exact) mass is 489 g/mol. The highest BCUT2D eigenvalue weighted by molar-refractivity contribution is 8.03. The van der Waals surface area contributed by atoms with Gasteiger partial charge in [0, 0.05) is 44.7 Å². The van der Waals surface area contributed by atoms with Crippen molar-refractivity contribution in [1.82, 2.24) is 15.4 Å². The lowest BCUT2D eigenvalue weighted by molar-refractivity contribution is -0.133. The highest BCUT2D eigenvalue weighted by Crippen LogP contribution is 2.43. The average molecular weight is 490 g/mol. The van der Waals surface area contributed by atoms with E-state index in [1.165, 1.54) is 12.6 Å². The van der Waals surface area contributed by atoms with Crippen molar-refractivity contribution >= 4 is 29.4 Å². The number of carboxylic acids is 1. The van der Waals surface area contributed by atoms with Crippen LogP contribution in [0.25, 0.3) is 0 Å². The Morgan fingerprint density at radius 3 is 2.88 bits per heavy atom. The standard InChI is InChI=1S/C23H31N5O5S/c1-14-9-18(27-10-15(11-27)25-33-13-16-5-3-4-7-32-16)24-21-19(14)20(29)17(22(30)31)12-28(21)23-26(2)6-8-34-23/h6,8-9,12,15-16,20,23,25,29H,3-5,7,10-11,13H2,1-2H3,(H,30,31)/t16-,20?,23?/m1/s1. The molecule has 1 aromatic heterocycles. The third-order valence-electron chi connectivity index (χ3n) is 6.65. The van der Waals surface area contributed by atoms with Gasteiger partial charge in [-0.1, -0.05) is 11.8 Å². The van der Waals surface area contributed by atoms with Crippen LogP contribution >= 0.6 is 11.8 Å². The van der Waals surface area contributed by atoms with E-state index in [2.05, 4.69) is 10.4 Å². The number of carboxylic acid groups (broad SMARTS) is 1. The summed E-state index contributed by atoms with van der Waals surface area (Å²) < 4.78 is 5.70. The summed E-state index contributed by atoms with van der Waals surface area (Å²) in [6.07, 6.45) is 5.75. The van der Waals surface area contributed by atoms with E-state index in [1.54, 1.807) is 11.8 Å². The summed E-state index contributed by atoms with van der Waals surface area (Å²) in [6.45, 7) is 4.75. The molecule has 0 aliphatic carbocycles. The molecule has 5 heterocycles. The largest absolute Gasteiger partial charge is 0.478 e. The van der Waals surface area contributed by atoms with Crippen molar-refractivity contribution in [3.63, 3.8) is 0 Å². The molecule has 2 saturated heterocycles. The lowest BCUT2D eigenvalue weighted by Crippen LogP contribution is -2.58. The summed E-state index contributed by atoms with van der Waals surface area (Å²) in [5.74, 6) is 0.246.